The first-order chi connectivity index (χ1) is 16.9. The summed E-state index contributed by atoms with van der Waals surface area (Å²) >= 11 is 1.50. The van der Waals surface area contributed by atoms with Gasteiger partial charge in [0.1, 0.15) is 18.1 Å². The highest BCUT2D eigenvalue weighted by atomic mass is 32.2. The van der Waals surface area contributed by atoms with Crippen molar-refractivity contribution in [1.29, 1.82) is 0 Å². The fourth-order valence-corrected chi connectivity index (χ4v) is 3.71. The lowest BCUT2D eigenvalue weighted by Crippen LogP contribution is -2.58. The van der Waals surface area contributed by atoms with Gasteiger partial charge in [0.05, 0.1) is 6.04 Å². The van der Waals surface area contributed by atoms with Crippen molar-refractivity contribution in [2.45, 2.75) is 76.5 Å². The van der Waals surface area contributed by atoms with Gasteiger partial charge in [0.15, 0.2) is 5.96 Å². The summed E-state index contributed by atoms with van der Waals surface area (Å²) in [7, 11) is 0. The number of rotatable bonds is 19. The van der Waals surface area contributed by atoms with E-state index in [9.17, 15) is 24.3 Å². The number of aliphatic carboxylic acids is 1. The number of unbranched alkanes of at least 4 members (excludes halogenated alkanes) is 1. The third-order valence-corrected chi connectivity index (χ3v) is 6.00. The Labute approximate surface area is 217 Å². The van der Waals surface area contributed by atoms with E-state index in [0.29, 0.717) is 50.9 Å². The predicted octanol–water partition coefficient (Wildman–Crippen LogP) is -1.56. The van der Waals surface area contributed by atoms with E-state index in [1.54, 1.807) is 13.8 Å². The lowest BCUT2D eigenvalue weighted by atomic mass is 10.0. The van der Waals surface area contributed by atoms with Crippen molar-refractivity contribution >= 4 is 41.4 Å². The lowest BCUT2D eigenvalue weighted by Gasteiger charge is -2.27. The second-order valence-corrected chi connectivity index (χ2v) is 9.80. The topological polar surface area (TPSA) is 241 Å². The van der Waals surface area contributed by atoms with E-state index in [2.05, 4.69) is 20.9 Å². The molecule has 208 valence electrons. The van der Waals surface area contributed by atoms with E-state index in [-0.39, 0.29) is 18.3 Å². The number of aliphatic imine (C=N–C) groups is 1. The third kappa shape index (κ3) is 14.1. The van der Waals surface area contributed by atoms with Crippen LogP contribution in [0.15, 0.2) is 4.99 Å². The van der Waals surface area contributed by atoms with Gasteiger partial charge in [-0.15, -0.1) is 0 Å². The molecule has 14 heteroatoms. The molecule has 0 bridgehead atoms. The molecule has 13 nitrogen and oxygen atoms in total. The Balaban J connectivity index is 5.25. The van der Waals surface area contributed by atoms with E-state index in [0.717, 1.165) is 0 Å². The van der Waals surface area contributed by atoms with E-state index in [1.807, 2.05) is 6.26 Å². The molecule has 0 aromatic heterocycles. The van der Waals surface area contributed by atoms with Crippen LogP contribution in [-0.4, -0.2) is 84.0 Å². The number of carbonyl (C=O) groups is 4. The summed E-state index contributed by atoms with van der Waals surface area (Å²) in [6.45, 7) is 4.22. The number of hydrogen-bond acceptors (Lipinski definition) is 8. The minimum atomic E-state index is -1.16. The zero-order valence-corrected chi connectivity index (χ0v) is 22.3. The molecule has 0 spiro atoms. The molecular formula is C22H44N8O5S. The van der Waals surface area contributed by atoms with Crippen molar-refractivity contribution in [3.63, 3.8) is 0 Å². The molecule has 0 aromatic rings. The number of hydrogen-bond donors (Lipinski definition) is 8. The van der Waals surface area contributed by atoms with Crippen LogP contribution in [0, 0.1) is 5.92 Å². The third-order valence-electron chi connectivity index (χ3n) is 5.36. The number of nitrogens with zero attached hydrogens (tertiary/aromatic N) is 1. The smallest absolute Gasteiger partial charge is 0.326 e. The summed E-state index contributed by atoms with van der Waals surface area (Å²) in [5, 5.41) is 17.3. The molecule has 0 radical (unpaired) electrons. The Morgan fingerprint density at radius 3 is 2.06 bits per heavy atom. The maximum atomic E-state index is 13.1. The van der Waals surface area contributed by atoms with Crippen LogP contribution in [0.1, 0.15) is 52.4 Å². The lowest BCUT2D eigenvalue weighted by molar-refractivity contribution is -0.142. The molecule has 0 rings (SSSR count). The van der Waals surface area contributed by atoms with Crippen LogP contribution in [0.3, 0.4) is 0 Å². The summed E-state index contributed by atoms with van der Waals surface area (Å²) < 4.78 is 0. The standard InChI is InChI=1S/C22H44N8O5S/c1-13(2)17(20(33)29-16(21(34)35)8-4-5-10-23)30-19(32)15(9-12-36-3)28-18(31)14(24)7-6-11-27-22(25)26/h13-17H,4-12,23-24H2,1-3H3,(H,28,31)(H,29,33)(H,30,32)(H,34,35)(H4,25,26,27). The molecule has 0 aromatic carbocycles. The van der Waals surface area contributed by atoms with Crippen molar-refractivity contribution in [3.8, 4) is 0 Å². The molecule has 4 unspecified atom stereocenters. The van der Waals surface area contributed by atoms with Crippen molar-refractivity contribution < 1.29 is 24.3 Å². The minimum Gasteiger partial charge on any atom is -0.480 e. The molecule has 12 N–H and O–H groups in total. The summed E-state index contributed by atoms with van der Waals surface area (Å²) in [6.07, 6.45) is 4.40. The minimum absolute atomic E-state index is 0.0456. The Morgan fingerprint density at radius 1 is 0.889 bits per heavy atom. The number of nitrogens with one attached hydrogen (secondary N) is 3. The number of guanidine groups is 1. The van der Waals surface area contributed by atoms with Gasteiger partial charge in [0, 0.05) is 6.54 Å². The van der Waals surface area contributed by atoms with Gasteiger partial charge in [-0.05, 0) is 63.0 Å². The highest BCUT2D eigenvalue weighted by molar-refractivity contribution is 7.98. The Bertz CT molecular complexity index is 733. The Hall–Kier alpha value is -2.58. The fraction of sp³-hybridized carbons (Fsp3) is 0.773. The van der Waals surface area contributed by atoms with Gasteiger partial charge >= 0.3 is 5.97 Å². The predicted molar refractivity (Wildman–Crippen MR) is 142 cm³/mol. The summed E-state index contributed by atoms with van der Waals surface area (Å²) in [6, 6.07) is -3.86. The number of carboxylic acids is 1. The quantitative estimate of drug-likeness (QED) is 0.0540. The normalized spacial score (nSPS) is 14.3. The molecule has 0 aliphatic rings. The molecule has 0 saturated heterocycles. The summed E-state index contributed by atoms with van der Waals surface area (Å²) in [5.41, 5.74) is 22.0. The van der Waals surface area contributed by atoms with Gasteiger partial charge in [0.25, 0.3) is 0 Å². The van der Waals surface area contributed by atoms with Crippen LogP contribution in [0.4, 0.5) is 0 Å². The van der Waals surface area contributed by atoms with Gasteiger partial charge in [-0.2, -0.15) is 11.8 Å². The molecule has 3 amide bonds. The molecular weight excluding hydrogens is 488 g/mol. The van der Waals surface area contributed by atoms with E-state index in [4.69, 9.17) is 22.9 Å². The van der Waals surface area contributed by atoms with Crippen LogP contribution < -0.4 is 38.9 Å². The number of nitrogens with two attached hydrogens (primary N) is 4. The number of thioether (sulfide) groups is 1. The van der Waals surface area contributed by atoms with Crippen LogP contribution >= 0.6 is 11.8 Å². The van der Waals surface area contributed by atoms with Crippen molar-refractivity contribution in [2.24, 2.45) is 33.8 Å². The number of amides is 3. The zero-order chi connectivity index (χ0) is 27.7. The molecule has 0 aliphatic heterocycles. The average Bonchev–Trinajstić information content (AvgIpc) is 2.81. The highest BCUT2D eigenvalue weighted by Gasteiger charge is 2.31. The molecule has 0 saturated carbocycles. The molecule has 0 fully saturated rings. The maximum absolute atomic E-state index is 13.1. The molecule has 36 heavy (non-hydrogen) atoms. The second kappa shape index (κ2) is 18.7. The van der Waals surface area contributed by atoms with Gasteiger partial charge in [0.2, 0.25) is 17.7 Å². The Kier molecular flexibility index (Phi) is 17.3. The number of carboxylic acid groups (broad SMARTS) is 1. The van der Waals surface area contributed by atoms with Crippen molar-refractivity contribution in [2.75, 3.05) is 25.1 Å². The average molecular weight is 533 g/mol. The second-order valence-electron chi connectivity index (χ2n) is 8.81. The van der Waals surface area contributed by atoms with Gasteiger partial charge in [-0.3, -0.25) is 19.4 Å². The zero-order valence-electron chi connectivity index (χ0n) is 21.5. The van der Waals surface area contributed by atoms with E-state index in [1.165, 1.54) is 11.8 Å². The maximum Gasteiger partial charge on any atom is 0.326 e. The first-order valence-corrected chi connectivity index (χ1v) is 13.5. The Morgan fingerprint density at radius 2 is 1.53 bits per heavy atom. The summed E-state index contributed by atoms with van der Waals surface area (Å²) in [4.78, 5) is 53.9. The van der Waals surface area contributed by atoms with Crippen LogP contribution in [0.2, 0.25) is 0 Å². The van der Waals surface area contributed by atoms with Gasteiger partial charge < -0.3 is 44.0 Å². The monoisotopic (exact) mass is 532 g/mol. The summed E-state index contributed by atoms with van der Waals surface area (Å²) in [5.74, 6) is -2.61. The van der Waals surface area contributed by atoms with Crippen LogP contribution in [0.5, 0.6) is 0 Å². The van der Waals surface area contributed by atoms with Gasteiger partial charge in [-0.25, -0.2) is 4.79 Å². The van der Waals surface area contributed by atoms with E-state index < -0.39 is 47.9 Å². The largest absolute Gasteiger partial charge is 0.480 e. The first kappa shape index (κ1) is 33.4. The van der Waals surface area contributed by atoms with Crippen molar-refractivity contribution in [3.05, 3.63) is 0 Å². The number of carbonyl (C=O) groups excluding carboxylic acids is 3. The fourth-order valence-electron chi connectivity index (χ4n) is 3.23. The van der Waals surface area contributed by atoms with Crippen molar-refractivity contribution in [1.82, 2.24) is 16.0 Å². The molecule has 0 aliphatic carbocycles. The molecule has 0 heterocycles. The first-order valence-electron chi connectivity index (χ1n) is 12.1. The van der Waals surface area contributed by atoms with Crippen LogP contribution in [-0.2, 0) is 19.2 Å². The highest BCUT2D eigenvalue weighted by Crippen LogP contribution is 2.08. The molecule has 4 atom stereocenters. The SMILES string of the molecule is CSCCC(NC(=O)C(N)CCCN=C(N)N)C(=O)NC(C(=O)NC(CCCCN)C(=O)O)C(C)C. The van der Waals surface area contributed by atoms with Gasteiger partial charge in [-0.1, -0.05) is 13.8 Å². The van der Waals surface area contributed by atoms with E-state index >= 15 is 0 Å². The van der Waals surface area contributed by atoms with Crippen LogP contribution in [0.25, 0.3) is 0 Å².